The summed E-state index contributed by atoms with van der Waals surface area (Å²) in [5.41, 5.74) is 0. The van der Waals surface area contributed by atoms with Crippen molar-refractivity contribution in [2.75, 3.05) is 13.1 Å². The minimum Gasteiger partial charge on any atom is -0.357 e. The fourth-order valence-electron chi connectivity index (χ4n) is 2.77. The molecule has 2 N–H and O–H groups in total. The van der Waals surface area contributed by atoms with Gasteiger partial charge >= 0.3 is 0 Å². The Labute approximate surface area is 151 Å². The van der Waals surface area contributed by atoms with Crippen LogP contribution in [-0.4, -0.2) is 34.9 Å². The number of hydrogen-bond acceptors (Lipinski definition) is 2. The van der Waals surface area contributed by atoms with Crippen molar-refractivity contribution in [3.8, 4) is 0 Å². The number of nitrogens with one attached hydrogen (secondary N) is 2. The highest BCUT2D eigenvalue weighted by atomic mass is 127. The zero-order valence-electron chi connectivity index (χ0n) is 13.8. The quantitative estimate of drug-likeness (QED) is 0.323. The van der Waals surface area contributed by atoms with E-state index in [4.69, 9.17) is 0 Å². The topological polar surface area (TPSA) is 54.2 Å². The molecule has 1 aromatic heterocycles. The molecular formula is C16H30IN5. The minimum absolute atomic E-state index is 0. The lowest BCUT2D eigenvalue weighted by molar-refractivity contribution is 0.329. The summed E-state index contributed by atoms with van der Waals surface area (Å²) in [5, 5.41) is 11.1. The van der Waals surface area contributed by atoms with E-state index < -0.39 is 0 Å². The third-order valence-electron chi connectivity index (χ3n) is 4.08. The average Bonchev–Trinajstić information content (AvgIpc) is 2.99. The predicted octanol–water partition coefficient (Wildman–Crippen LogP) is 3.03. The van der Waals surface area contributed by atoms with Crippen molar-refractivity contribution in [2.45, 2.75) is 58.5 Å². The molecule has 0 aliphatic heterocycles. The third-order valence-corrected chi connectivity index (χ3v) is 4.08. The lowest BCUT2D eigenvalue weighted by atomic mass is 9.87. The molecule has 2 rings (SSSR count). The first-order valence-corrected chi connectivity index (χ1v) is 8.30. The maximum atomic E-state index is 4.68. The van der Waals surface area contributed by atoms with Crippen LogP contribution in [0.2, 0.25) is 0 Å². The fraction of sp³-hybridized carbons (Fsp3) is 0.750. The number of aliphatic imine (C=N–C) groups is 1. The normalized spacial score (nSPS) is 22.0. The van der Waals surface area contributed by atoms with Crippen molar-refractivity contribution in [2.24, 2.45) is 10.9 Å². The second-order valence-corrected chi connectivity index (χ2v) is 5.98. The molecule has 0 atom stereocenters. The summed E-state index contributed by atoms with van der Waals surface area (Å²) < 4.78 is 1.96. The Hall–Kier alpha value is -0.790. The molecular weight excluding hydrogens is 389 g/mol. The Bertz CT molecular complexity index is 410. The van der Waals surface area contributed by atoms with E-state index in [1.54, 1.807) is 0 Å². The number of nitrogens with zero attached hydrogens (tertiary/aromatic N) is 3. The van der Waals surface area contributed by atoms with E-state index >= 15 is 0 Å². The first-order chi connectivity index (χ1) is 10.3. The predicted molar refractivity (Wildman–Crippen MR) is 103 cm³/mol. The van der Waals surface area contributed by atoms with E-state index in [-0.39, 0.29) is 24.0 Å². The highest BCUT2D eigenvalue weighted by Gasteiger charge is 2.18. The van der Waals surface area contributed by atoms with Gasteiger partial charge in [-0.2, -0.15) is 5.10 Å². The molecule has 0 amide bonds. The van der Waals surface area contributed by atoms with Crippen LogP contribution in [0.3, 0.4) is 0 Å². The van der Waals surface area contributed by atoms with E-state index in [1.165, 1.54) is 25.7 Å². The molecule has 0 bridgehead atoms. The lowest BCUT2D eigenvalue weighted by Gasteiger charge is -2.28. The van der Waals surface area contributed by atoms with Gasteiger partial charge in [0.25, 0.3) is 0 Å². The van der Waals surface area contributed by atoms with Gasteiger partial charge in [-0.15, -0.1) is 24.0 Å². The molecule has 22 heavy (non-hydrogen) atoms. The van der Waals surface area contributed by atoms with E-state index in [2.05, 4.69) is 34.6 Å². The van der Waals surface area contributed by atoms with Crippen LogP contribution in [0.5, 0.6) is 0 Å². The first-order valence-electron chi connectivity index (χ1n) is 8.30. The van der Waals surface area contributed by atoms with Gasteiger partial charge in [0.15, 0.2) is 5.96 Å². The Kier molecular flexibility index (Phi) is 9.50. The molecule has 1 heterocycles. The van der Waals surface area contributed by atoms with Gasteiger partial charge in [0.05, 0.1) is 0 Å². The number of rotatable bonds is 6. The molecule has 1 fully saturated rings. The van der Waals surface area contributed by atoms with Crippen molar-refractivity contribution < 1.29 is 0 Å². The summed E-state index contributed by atoms with van der Waals surface area (Å²) >= 11 is 0. The zero-order chi connectivity index (χ0) is 14.9. The van der Waals surface area contributed by atoms with Gasteiger partial charge in [-0.05, 0) is 51.0 Å². The molecule has 1 aliphatic rings. The van der Waals surface area contributed by atoms with Crippen LogP contribution in [0.4, 0.5) is 0 Å². The van der Waals surface area contributed by atoms with Crippen LogP contribution in [0.1, 0.15) is 46.0 Å². The van der Waals surface area contributed by atoms with Crippen molar-refractivity contribution in [1.29, 1.82) is 0 Å². The van der Waals surface area contributed by atoms with Gasteiger partial charge in [-0.1, -0.05) is 6.92 Å². The van der Waals surface area contributed by atoms with E-state index in [0.717, 1.165) is 37.9 Å². The maximum absolute atomic E-state index is 4.68. The van der Waals surface area contributed by atoms with E-state index in [1.807, 2.05) is 23.1 Å². The smallest absolute Gasteiger partial charge is 0.191 e. The second kappa shape index (κ2) is 10.9. The molecule has 0 saturated heterocycles. The van der Waals surface area contributed by atoms with Crippen LogP contribution in [0.25, 0.3) is 0 Å². The Morgan fingerprint density at radius 2 is 2.09 bits per heavy atom. The van der Waals surface area contributed by atoms with Crippen LogP contribution in [0.15, 0.2) is 23.5 Å². The standard InChI is InChI=1S/C16H29N5.HI/c1-3-17-16(20-15-8-6-14(2)7-9-15)18-10-4-12-21-13-5-11-19-21;/h5,11,13-15H,3-4,6-10,12H2,1-2H3,(H2,17,18,20);1H. The lowest BCUT2D eigenvalue weighted by Crippen LogP contribution is -2.44. The van der Waals surface area contributed by atoms with Crippen LogP contribution >= 0.6 is 24.0 Å². The Balaban J connectivity index is 0.00000242. The molecule has 1 aliphatic carbocycles. The SMILES string of the molecule is CCNC(=NCCCn1cccn1)NC1CCC(C)CC1.I. The second-order valence-electron chi connectivity index (χ2n) is 5.98. The molecule has 5 nitrogen and oxygen atoms in total. The summed E-state index contributed by atoms with van der Waals surface area (Å²) in [4.78, 5) is 4.68. The number of guanidine groups is 1. The highest BCUT2D eigenvalue weighted by molar-refractivity contribution is 14.0. The summed E-state index contributed by atoms with van der Waals surface area (Å²) in [6.07, 6.45) is 10.0. The van der Waals surface area contributed by atoms with Crippen molar-refractivity contribution >= 4 is 29.9 Å². The Morgan fingerprint density at radius 3 is 2.73 bits per heavy atom. The number of halogens is 1. The highest BCUT2D eigenvalue weighted by Crippen LogP contribution is 2.23. The molecule has 0 spiro atoms. The molecule has 6 heteroatoms. The van der Waals surface area contributed by atoms with Crippen LogP contribution < -0.4 is 10.6 Å². The molecule has 0 unspecified atom stereocenters. The fourth-order valence-corrected chi connectivity index (χ4v) is 2.77. The number of aryl methyl sites for hydroxylation is 1. The van der Waals surface area contributed by atoms with Gasteiger partial charge in [-0.3, -0.25) is 9.67 Å². The summed E-state index contributed by atoms with van der Waals surface area (Å²) in [6.45, 7) is 7.14. The summed E-state index contributed by atoms with van der Waals surface area (Å²) in [6, 6.07) is 2.55. The van der Waals surface area contributed by atoms with Gasteiger partial charge in [0.2, 0.25) is 0 Å². The zero-order valence-corrected chi connectivity index (χ0v) is 16.1. The number of hydrogen-bond donors (Lipinski definition) is 2. The maximum Gasteiger partial charge on any atom is 0.191 e. The first kappa shape index (κ1) is 19.3. The van der Waals surface area contributed by atoms with Gasteiger partial charge < -0.3 is 10.6 Å². The summed E-state index contributed by atoms with van der Waals surface area (Å²) in [5.74, 6) is 1.86. The molecule has 0 aromatic carbocycles. The van der Waals surface area contributed by atoms with Gasteiger partial charge in [-0.25, -0.2) is 0 Å². The molecule has 1 saturated carbocycles. The largest absolute Gasteiger partial charge is 0.357 e. The van der Waals surface area contributed by atoms with Crippen LogP contribution in [0, 0.1) is 5.92 Å². The Morgan fingerprint density at radius 1 is 1.32 bits per heavy atom. The third kappa shape index (κ3) is 6.98. The van der Waals surface area contributed by atoms with Gasteiger partial charge in [0, 0.05) is 38.1 Å². The summed E-state index contributed by atoms with van der Waals surface area (Å²) in [7, 11) is 0. The van der Waals surface area contributed by atoms with Crippen molar-refractivity contribution in [3.05, 3.63) is 18.5 Å². The average molecular weight is 419 g/mol. The van der Waals surface area contributed by atoms with E-state index in [0.29, 0.717) is 6.04 Å². The molecule has 126 valence electrons. The van der Waals surface area contributed by atoms with Crippen molar-refractivity contribution in [3.63, 3.8) is 0 Å². The van der Waals surface area contributed by atoms with Crippen LogP contribution in [-0.2, 0) is 6.54 Å². The molecule has 1 aromatic rings. The molecule has 0 radical (unpaired) electrons. The minimum atomic E-state index is 0. The van der Waals surface area contributed by atoms with Crippen molar-refractivity contribution in [1.82, 2.24) is 20.4 Å². The number of aromatic nitrogens is 2. The van der Waals surface area contributed by atoms with E-state index in [9.17, 15) is 0 Å². The van der Waals surface area contributed by atoms with Gasteiger partial charge in [0.1, 0.15) is 0 Å². The monoisotopic (exact) mass is 419 g/mol.